The average molecular weight is 159 g/mol. The summed E-state index contributed by atoms with van der Waals surface area (Å²) in [6.07, 6.45) is 4.42. The number of nitrogens with zero attached hydrogens (tertiary/aromatic N) is 1. The van der Waals surface area contributed by atoms with Crippen molar-refractivity contribution in [2.45, 2.75) is 6.42 Å². The Bertz CT molecular complexity index is 245. The van der Waals surface area contributed by atoms with Crippen LogP contribution < -0.4 is 0 Å². The van der Waals surface area contributed by atoms with Gasteiger partial charge < -0.3 is 0 Å². The lowest BCUT2D eigenvalue weighted by atomic mass is 10.4. The summed E-state index contributed by atoms with van der Waals surface area (Å²) in [4.78, 5) is 0. The average Bonchev–Trinajstić information content (AvgIpc) is 1.78. The highest BCUT2D eigenvalue weighted by Crippen LogP contribution is 1.89. The standard InChI is InChI=1S/C6H9NO2S/c1-10(8,9)6-4-2-3-5-7/h2-3H,4,6H2,1H3. The van der Waals surface area contributed by atoms with Gasteiger partial charge in [0.25, 0.3) is 0 Å². The Morgan fingerprint density at radius 3 is 2.60 bits per heavy atom. The second-order valence-electron chi connectivity index (χ2n) is 1.95. The molecule has 0 radical (unpaired) electrons. The van der Waals surface area contributed by atoms with Gasteiger partial charge in [0.15, 0.2) is 0 Å². The first-order valence-electron chi connectivity index (χ1n) is 2.78. The molecule has 56 valence electrons. The molecule has 0 aliphatic rings. The van der Waals surface area contributed by atoms with Gasteiger partial charge >= 0.3 is 0 Å². The zero-order chi connectivity index (χ0) is 8.04. The van der Waals surface area contributed by atoms with Crippen molar-refractivity contribution in [3.05, 3.63) is 12.2 Å². The molecule has 0 unspecified atom stereocenters. The van der Waals surface area contributed by atoms with Crippen LogP contribution in [0.5, 0.6) is 0 Å². The van der Waals surface area contributed by atoms with Gasteiger partial charge in [-0.3, -0.25) is 0 Å². The highest BCUT2D eigenvalue weighted by molar-refractivity contribution is 7.90. The Kier molecular flexibility index (Phi) is 3.74. The monoisotopic (exact) mass is 159 g/mol. The van der Waals surface area contributed by atoms with Crippen LogP contribution in [0.3, 0.4) is 0 Å². The molecular weight excluding hydrogens is 150 g/mol. The molecule has 0 rings (SSSR count). The van der Waals surface area contributed by atoms with Crippen molar-refractivity contribution >= 4 is 9.84 Å². The van der Waals surface area contributed by atoms with Gasteiger partial charge in [-0.1, -0.05) is 6.08 Å². The fourth-order valence-electron chi connectivity index (χ4n) is 0.418. The topological polar surface area (TPSA) is 57.9 Å². The lowest BCUT2D eigenvalue weighted by molar-refractivity contribution is 0.601. The zero-order valence-corrected chi connectivity index (χ0v) is 6.56. The first-order valence-corrected chi connectivity index (χ1v) is 4.84. The van der Waals surface area contributed by atoms with Crippen molar-refractivity contribution in [1.29, 1.82) is 5.26 Å². The van der Waals surface area contributed by atoms with Gasteiger partial charge in [-0.2, -0.15) is 5.26 Å². The van der Waals surface area contributed by atoms with Gasteiger partial charge in [0.1, 0.15) is 9.84 Å². The molecule has 0 saturated heterocycles. The van der Waals surface area contributed by atoms with Crippen molar-refractivity contribution in [3.8, 4) is 6.07 Å². The van der Waals surface area contributed by atoms with Gasteiger partial charge in [-0.05, 0) is 6.42 Å². The molecule has 0 heterocycles. The van der Waals surface area contributed by atoms with Gasteiger partial charge in [0.05, 0.1) is 11.8 Å². The van der Waals surface area contributed by atoms with Crippen LogP contribution >= 0.6 is 0 Å². The third-order valence-corrected chi connectivity index (χ3v) is 1.82. The molecule has 0 aromatic rings. The minimum Gasteiger partial charge on any atom is -0.229 e. The van der Waals surface area contributed by atoms with E-state index in [0.717, 1.165) is 0 Å². The lowest BCUT2D eigenvalue weighted by Gasteiger charge is -1.89. The van der Waals surface area contributed by atoms with E-state index in [1.807, 2.05) is 0 Å². The summed E-state index contributed by atoms with van der Waals surface area (Å²) < 4.78 is 21.0. The summed E-state index contributed by atoms with van der Waals surface area (Å²) in [6.45, 7) is 0. The van der Waals surface area contributed by atoms with E-state index in [9.17, 15) is 8.42 Å². The minimum atomic E-state index is -2.87. The zero-order valence-electron chi connectivity index (χ0n) is 5.74. The van der Waals surface area contributed by atoms with Crippen LogP contribution in [0.2, 0.25) is 0 Å². The minimum absolute atomic E-state index is 0.116. The van der Waals surface area contributed by atoms with Crippen molar-refractivity contribution in [3.63, 3.8) is 0 Å². The maximum Gasteiger partial charge on any atom is 0.147 e. The highest BCUT2D eigenvalue weighted by Gasteiger charge is 1.97. The second kappa shape index (κ2) is 4.07. The molecule has 0 aromatic heterocycles. The third kappa shape index (κ3) is 7.18. The predicted octanol–water partition coefficient (Wildman–Crippen LogP) is 0.501. The molecule has 4 heteroatoms. The lowest BCUT2D eigenvalue weighted by Crippen LogP contribution is -2.00. The van der Waals surface area contributed by atoms with Crippen molar-refractivity contribution in [2.24, 2.45) is 0 Å². The predicted molar refractivity (Wildman–Crippen MR) is 39.1 cm³/mol. The van der Waals surface area contributed by atoms with E-state index < -0.39 is 9.84 Å². The summed E-state index contributed by atoms with van der Waals surface area (Å²) >= 11 is 0. The number of allylic oxidation sites excluding steroid dienone is 2. The molecule has 0 N–H and O–H groups in total. The third-order valence-electron chi connectivity index (χ3n) is 0.848. The van der Waals surface area contributed by atoms with Crippen molar-refractivity contribution in [1.82, 2.24) is 0 Å². The molecule has 0 amide bonds. The molecular formula is C6H9NO2S. The van der Waals surface area contributed by atoms with Crippen LogP contribution in [0.25, 0.3) is 0 Å². The normalized spacial score (nSPS) is 11.6. The van der Waals surface area contributed by atoms with Crippen LogP contribution in [0, 0.1) is 11.3 Å². The molecule has 0 aliphatic carbocycles. The fraction of sp³-hybridized carbons (Fsp3) is 0.500. The SMILES string of the molecule is CS(=O)(=O)CCC=CC#N. The molecule has 0 bridgehead atoms. The smallest absolute Gasteiger partial charge is 0.147 e. The Balaban J connectivity index is 3.61. The Morgan fingerprint density at radius 1 is 1.60 bits per heavy atom. The number of sulfone groups is 1. The van der Waals surface area contributed by atoms with Crippen LogP contribution in [0.1, 0.15) is 6.42 Å². The maximum absolute atomic E-state index is 10.5. The quantitative estimate of drug-likeness (QED) is 0.563. The van der Waals surface area contributed by atoms with Gasteiger partial charge in [0.2, 0.25) is 0 Å². The fourth-order valence-corrected chi connectivity index (χ4v) is 0.982. The van der Waals surface area contributed by atoms with E-state index in [2.05, 4.69) is 0 Å². The van der Waals surface area contributed by atoms with E-state index in [4.69, 9.17) is 5.26 Å². The molecule has 0 aromatic carbocycles. The number of hydrogen-bond acceptors (Lipinski definition) is 3. The maximum atomic E-state index is 10.5. The summed E-state index contributed by atoms with van der Waals surface area (Å²) in [5, 5.41) is 8.01. The van der Waals surface area contributed by atoms with Crippen LogP contribution in [0.15, 0.2) is 12.2 Å². The molecule has 3 nitrogen and oxygen atoms in total. The van der Waals surface area contributed by atoms with E-state index in [0.29, 0.717) is 6.42 Å². The van der Waals surface area contributed by atoms with E-state index in [1.54, 1.807) is 12.1 Å². The van der Waals surface area contributed by atoms with Crippen LogP contribution in [0.4, 0.5) is 0 Å². The Labute approximate surface area is 60.9 Å². The Morgan fingerprint density at radius 2 is 2.20 bits per heavy atom. The number of hydrogen-bond donors (Lipinski definition) is 0. The van der Waals surface area contributed by atoms with Gasteiger partial charge in [-0.15, -0.1) is 0 Å². The largest absolute Gasteiger partial charge is 0.229 e. The van der Waals surface area contributed by atoms with E-state index in [-0.39, 0.29) is 5.75 Å². The second-order valence-corrected chi connectivity index (χ2v) is 4.21. The summed E-state index contributed by atoms with van der Waals surface area (Å²) in [7, 11) is -2.87. The molecule has 0 spiro atoms. The van der Waals surface area contributed by atoms with E-state index in [1.165, 1.54) is 12.3 Å². The number of nitriles is 1. The first-order chi connectivity index (χ1) is 4.56. The van der Waals surface area contributed by atoms with E-state index >= 15 is 0 Å². The summed E-state index contributed by atoms with van der Waals surface area (Å²) in [5.74, 6) is 0.116. The first kappa shape index (κ1) is 9.18. The molecule has 10 heavy (non-hydrogen) atoms. The van der Waals surface area contributed by atoms with Crippen molar-refractivity contribution < 1.29 is 8.42 Å². The van der Waals surface area contributed by atoms with Crippen molar-refractivity contribution in [2.75, 3.05) is 12.0 Å². The summed E-state index contributed by atoms with van der Waals surface area (Å²) in [6, 6.07) is 1.78. The van der Waals surface area contributed by atoms with Crippen LogP contribution in [-0.2, 0) is 9.84 Å². The van der Waals surface area contributed by atoms with Gasteiger partial charge in [-0.25, -0.2) is 8.42 Å². The van der Waals surface area contributed by atoms with Crippen LogP contribution in [-0.4, -0.2) is 20.4 Å². The summed E-state index contributed by atoms with van der Waals surface area (Å²) in [5.41, 5.74) is 0. The highest BCUT2D eigenvalue weighted by atomic mass is 32.2. The Hall–Kier alpha value is -0.820. The molecule has 0 fully saturated rings. The number of rotatable bonds is 3. The molecule has 0 atom stereocenters. The molecule has 0 saturated carbocycles. The molecule has 0 aliphatic heterocycles. The van der Waals surface area contributed by atoms with Gasteiger partial charge in [0, 0.05) is 12.3 Å².